The van der Waals surface area contributed by atoms with E-state index in [4.69, 9.17) is 0 Å². The van der Waals surface area contributed by atoms with Gasteiger partial charge in [0.05, 0.1) is 12.1 Å². The first-order valence-electron chi connectivity index (χ1n) is 6.70. The van der Waals surface area contributed by atoms with E-state index in [-0.39, 0.29) is 17.9 Å². The van der Waals surface area contributed by atoms with Gasteiger partial charge < -0.3 is 15.2 Å². The molecule has 0 aromatic carbocycles. The molecule has 2 N–H and O–H groups in total. The van der Waals surface area contributed by atoms with E-state index >= 15 is 0 Å². The zero-order chi connectivity index (χ0) is 15.2. The first-order valence-corrected chi connectivity index (χ1v) is 6.70. The maximum Gasteiger partial charge on any atom is 0.254 e. The second-order valence-corrected chi connectivity index (χ2v) is 4.27. The van der Waals surface area contributed by atoms with Crippen molar-refractivity contribution in [2.45, 2.75) is 26.9 Å². The summed E-state index contributed by atoms with van der Waals surface area (Å²) in [6.45, 7) is 5.18. The molecule has 0 aliphatic heterocycles. The molecule has 112 valence electrons. The van der Waals surface area contributed by atoms with Crippen molar-refractivity contribution >= 4 is 11.7 Å². The summed E-state index contributed by atoms with van der Waals surface area (Å²) in [5.41, 5.74) is -0.0523. The Morgan fingerprint density at radius 1 is 1.43 bits per heavy atom. The van der Waals surface area contributed by atoms with Crippen LogP contribution in [0.4, 0.5) is 10.2 Å². The number of aromatic nitrogens is 4. The maximum absolute atomic E-state index is 14.1. The fourth-order valence-electron chi connectivity index (χ4n) is 1.84. The number of nitrogens with one attached hydrogen (secondary N) is 2. The Morgan fingerprint density at radius 2 is 2.24 bits per heavy atom. The summed E-state index contributed by atoms with van der Waals surface area (Å²) in [4.78, 5) is 15.9. The number of carbonyl (C=O) groups excluding carboxylic acids is 1. The van der Waals surface area contributed by atoms with Crippen molar-refractivity contribution in [3.63, 3.8) is 0 Å². The number of carbonyl (C=O) groups is 1. The number of halogens is 1. The summed E-state index contributed by atoms with van der Waals surface area (Å²) >= 11 is 0. The van der Waals surface area contributed by atoms with Gasteiger partial charge in [0.15, 0.2) is 17.5 Å². The van der Waals surface area contributed by atoms with Crippen LogP contribution in [0.25, 0.3) is 0 Å². The highest BCUT2D eigenvalue weighted by atomic mass is 19.1. The predicted octanol–water partition coefficient (Wildman–Crippen LogP) is 1.19. The molecule has 0 saturated heterocycles. The number of nitrogens with zero attached hydrogens (tertiary/aromatic N) is 4. The van der Waals surface area contributed by atoms with Crippen LogP contribution in [0.5, 0.6) is 0 Å². The Morgan fingerprint density at radius 3 is 2.95 bits per heavy atom. The lowest BCUT2D eigenvalue weighted by Crippen LogP contribution is -2.26. The van der Waals surface area contributed by atoms with E-state index in [1.54, 1.807) is 10.9 Å². The van der Waals surface area contributed by atoms with E-state index < -0.39 is 11.7 Å². The number of anilines is 1. The molecule has 0 atom stereocenters. The fourth-order valence-corrected chi connectivity index (χ4v) is 1.84. The molecule has 1 amide bonds. The van der Waals surface area contributed by atoms with Crippen molar-refractivity contribution in [2.75, 3.05) is 11.9 Å². The molecule has 0 aliphatic carbocycles. The molecule has 2 rings (SSSR count). The van der Waals surface area contributed by atoms with Crippen LogP contribution in [0.2, 0.25) is 0 Å². The molecule has 8 heteroatoms. The molecule has 0 spiro atoms. The normalized spacial score (nSPS) is 10.4. The Bertz CT molecular complexity index is 627. The van der Waals surface area contributed by atoms with Gasteiger partial charge in [-0.1, -0.05) is 0 Å². The molecule has 21 heavy (non-hydrogen) atoms. The smallest absolute Gasteiger partial charge is 0.254 e. The molecule has 2 aromatic heterocycles. The number of rotatable bonds is 6. The third-order valence-corrected chi connectivity index (χ3v) is 2.92. The zero-order valence-electron chi connectivity index (χ0n) is 11.9. The molecule has 0 saturated carbocycles. The summed E-state index contributed by atoms with van der Waals surface area (Å²) < 4.78 is 15.9. The molecular weight excluding hydrogens is 275 g/mol. The first-order chi connectivity index (χ1) is 10.2. The number of hydrogen-bond donors (Lipinski definition) is 2. The summed E-state index contributed by atoms with van der Waals surface area (Å²) in [5.74, 6) is -0.484. The van der Waals surface area contributed by atoms with Crippen molar-refractivity contribution in [3.05, 3.63) is 35.8 Å². The molecule has 2 heterocycles. The summed E-state index contributed by atoms with van der Waals surface area (Å²) in [6, 6.07) is 1.34. The van der Waals surface area contributed by atoms with Gasteiger partial charge in [-0.2, -0.15) is 0 Å². The fraction of sp³-hybridized carbons (Fsp3) is 0.385. The lowest BCUT2D eigenvalue weighted by atomic mass is 10.2. The van der Waals surface area contributed by atoms with Crippen molar-refractivity contribution in [1.82, 2.24) is 25.1 Å². The highest BCUT2D eigenvalue weighted by molar-refractivity contribution is 5.95. The lowest BCUT2D eigenvalue weighted by Gasteiger charge is -2.09. The molecule has 0 unspecified atom stereocenters. The van der Waals surface area contributed by atoms with Gasteiger partial charge in [0.2, 0.25) is 0 Å². The highest BCUT2D eigenvalue weighted by Gasteiger charge is 2.16. The summed E-state index contributed by atoms with van der Waals surface area (Å²) in [6.07, 6.45) is 2.97. The lowest BCUT2D eigenvalue weighted by molar-refractivity contribution is 0.0945. The van der Waals surface area contributed by atoms with Crippen molar-refractivity contribution < 1.29 is 9.18 Å². The predicted molar refractivity (Wildman–Crippen MR) is 75.2 cm³/mol. The van der Waals surface area contributed by atoms with Crippen LogP contribution in [0.3, 0.4) is 0 Å². The van der Waals surface area contributed by atoms with Crippen LogP contribution in [0.15, 0.2) is 18.6 Å². The Balaban J connectivity index is 2.08. The Kier molecular flexibility index (Phi) is 4.81. The van der Waals surface area contributed by atoms with E-state index in [2.05, 4.69) is 25.8 Å². The molecular formula is C13H17FN6O. The molecule has 7 nitrogen and oxygen atoms in total. The molecule has 0 radical (unpaired) electrons. The molecule has 0 bridgehead atoms. The third kappa shape index (κ3) is 3.33. The zero-order valence-corrected chi connectivity index (χ0v) is 11.9. The van der Waals surface area contributed by atoms with Gasteiger partial charge in [0.25, 0.3) is 5.91 Å². The van der Waals surface area contributed by atoms with Crippen molar-refractivity contribution in [1.29, 1.82) is 0 Å². The van der Waals surface area contributed by atoms with Gasteiger partial charge in [-0.25, -0.2) is 9.37 Å². The SMILES string of the molecule is CCNc1nccc(C(=O)NCc2nncn2CC)c1F. The number of aryl methyl sites for hydroxylation is 1. The minimum Gasteiger partial charge on any atom is -0.368 e. The van der Waals surface area contributed by atoms with E-state index in [1.807, 2.05) is 13.8 Å². The average molecular weight is 292 g/mol. The Hall–Kier alpha value is -2.51. The molecule has 0 fully saturated rings. The van der Waals surface area contributed by atoms with Crippen LogP contribution < -0.4 is 10.6 Å². The maximum atomic E-state index is 14.1. The van der Waals surface area contributed by atoms with Crippen LogP contribution in [-0.4, -0.2) is 32.2 Å². The van der Waals surface area contributed by atoms with Crippen LogP contribution in [-0.2, 0) is 13.1 Å². The topological polar surface area (TPSA) is 84.7 Å². The number of amides is 1. The summed E-state index contributed by atoms with van der Waals surface area (Å²) in [5, 5.41) is 13.1. The van der Waals surface area contributed by atoms with E-state index in [1.165, 1.54) is 12.3 Å². The van der Waals surface area contributed by atoms with Gasteiger partial charge in [0.1, 0.15) is 6.33 Å². The standard InChI is InChI=1S/C13H17FN6O/c1-3-15-12-11(14)9(5-6-16-12)13(21)17-7-10-19-18-8-20(10)4-2/h5-6,8H,3-4,7H2,1-2H3,(H,15,16)(H,17,21). The van der Waals surface area contributed by atoms with Crippen LogP contribution in [0.1, 0.15) is 30.0 Å². The van der Waals surface area contributed by atoms with E-state index in [9.17, 15) is 9.18 Å². The third-order valence-electron chi connectivity index (χ3n) is 2.92. The van der Waals surface area contributed by atoms with Crippen molar-refractivity contribution in [3.8, 4) is 0 Å². The number of pyridine rings is 1. The second kappa shape index (κ2) is 6.78. The van der Waals surface area contributed by atoms with Gasteiger partial charge in [-0.15, -0.1) is 10.2 Å². The quantitative estimate of drug-likeness (QED) is 0.835. The largest absolute Gasteiger partial charge is 0.368 e. The summed E-state index contributed by atoms with van der Waals surface area (Å²) in [7, 11) is 0. The number of hydrogen-bond acceptors (Lipinski definition) is 5. The second-order valence-electron chi connectivity index (χ2n) is 4.27. The molecule has 2 aromatic rings. The molecule has 0 aliphatic rings. The highest BCUT2D eigenvalue weighted by Crippen LogP contribution is 2.14. The van der Waals surface area contributed by atoms with Gasteiger partial charge in [-0.05, 0) is 19.9 Å². The average Bonchev–Trinajstić information content (AvgIpc) is 2.94. The van der Waals surface area contributed by atoms with E-state index in [0.29, 0.717) is 18.9 Å². The monoisotopic (exact) mass is 292 g/mol. The first kappa shape index (κ1) is 14.9. The minimum absolute atomic E-state index is 0.0523. The van der Waals surface area contributed by atoms with Gasteiger partial charge in [-0.3, -0.25) is 4.79 Å². The minimum atomic E-state index is -0.659. The van der Waals surface area contributed by atoms with Gasteiger partial charge >= 0.3 is 0 Å². The Labute approximate surface area is 121 Å². The van der Waals surface area contributed by atoms with Crippen LogP contribution in [0, 0.1) is 5.82 Å². The van der Waals surface area contributed by atoms with Crippen molar-refractivity contribution in [2.24, 2.45) is 0 Å². The van der Waals surface area contributed by atoms with E-state index in [0.717, 1.165) is 0 Å². The van der Waals surface area contributed by atoms with Crippen LogP contribution >= 0.6 is 0 Å². The van der Waals surface area contributed by atoms with Gasteiger partial charge in [0, 0.05) is 19.3 Å².